The highest BCUT2D eigenvalue weighted by atomic mass is 16.5. The summed E-state index contributed by atoms with van der Waals surface area (Å²) in [5.74, 6) is 3.03. The molecule has 7 nitrogen and oxygen atoms in total. The third-order valence-corrected chi connectivity index (χ3v) is 6.63. The second-order valence-electron chi connectivity index (χ2n) is 9.83. The summed E-state index contributed by atoms with van der Waals surface area (Å²) in [7, 11) is 1.66. The average molecular weight is 508 g/mol. The van der Waals surface area contributed by atoms with Crippen LogP contribution in [0.25, 0.3) is 22.5 Å². The molecule has 0 bridgehead atoms. The second-order valence-corrected chi connectivity index (χ2v) is 9.83. The molecule has 37 heavy (non-hydrogen) atoms. The molecule has 200 valence electrons. The zero-order valence-electron chi connectivity index (χ0n) is 22.5. The predicted molar refractivity (Wildman–Crippen MR) is 148 cm³/mol. The van der Waals surface area contributed by atoms with Gasteiger partial charge in [0.2, 0.25) is 0 Å². The Morgan fingerprint density at radius 2 is 1.65 bits per heavy atom. The standard InChI is InChI=1S/C30H41N3O4/c1-23(2)36-26-13-14-27(30-28(22-32-37-30)24-9-11-25(34-3)12-10-24)29(21-26)35-20-8-6-4-5-7-17-33-18-15-31-16-19-33/h9-14,21-23,31H,4-8,15-20H2,1-3H3. The normalized spacial score (nSPS) is 14.2. The lowest BCUT2D eigenvalue weighted by Gasteiger charge is -2.27. The van der Waals surface area contributed by atoms with E-state index in [1.807, 2.05) is 56.3 Å². The van der Waals surface area contributed by atoms with E-state index in [1.165, 1.54) is 45.3 Å². The Bertz CT molecular complexity index is 1070. The highest BCUT2D eigenvalue weighted by Gasteiger charge is 2.18. The third kappa shape index (κ3) is 7.98. The highest BCUT2D eigenvalue weighted by molar-refractivity contribution is 5.82. The Hall–Kier alpha value is -3.03. The van der Waals surface area contributed by atoms with Crippen LogP contribution in [0.5, 0.6) is 17.2 Å². The van der Waals surface area contributed by atoms with Gasteiger partial charge in [-0.15, -0.1) is 0 Å². The Kier molecular flexibility index (Phi) is 10.3. The minimum absolute atomic E-state index is 0.0834. The third-order valence-electron chi connectivity index (χ3n) is 6.63. The first-order valence-corrected chi connectivity index (χ1v) is 13.6. The highest BCUT2D eigenvalue weighted by Crippen LogP contribution is 2.39. The summed E-state index contributed by atoms with van der Waals surface area (Å²) in [6.45, 7) is 10.5. The number of unbranched alkanes of at least 4 members (excludes halogenated alkanes) is 4. The van der Waals surface area contributed by atoms with E-state index in [2.05, 4.69) is 15.4 Å². The Morgan fingerprint density at radius 1 is 0.919 bits per heavy atom. The first kappa shape index (κ1) is 27.0. The number of piperazine rings is 1. The predicted octanol–water partition coefficient (Wildman–Crippen LogP) is 6.04. The van der Waals surface area contributed by atoms with Gasteiger partial charge in [-0.2, -0.15) is 0 Å². The van der Waals surface area contributed by atoms with E-state index in [-0.39, 0.29) is 6.10 Å². The van der Waals surface area contributed by atoms with Gasteiger partial charge < -0.3 is 29.0 Å². The van der Waals surface area contributed by atoms with Crippen molar-refractivity contribution in [1.82, 2.24) is 15.4 Å². The van der Waals surface area contributed by atoms with Crippen molar-refractivity contribution in [1.29, 1.82) is 0 Å². The number of methoxy groups -OCH3 is 1. The summed E-state index contributed by atoms with van der Waals surface area (Å²) in [6, 6.07) is 13.8. The van der Waals surface area contributed by atoms with Crippen molar-refractivity contribution in [3.05, 3.63) is 48.7 Å². The molecule has 1 fully saturated rings. The van der Waals surface area contributed by atoms with Crippen LogP contribution in [0.3, 0.4) is 0 Å². The fourth-order valence-electron chi connectivity index (χ4n) is 4.65. The van der Waals surface area contributed by atoms with Crippen molar-refractivity contribution in [3.63, 3.8) is 0 Å². The number of nitrogens with zero attached hydrogens (tertiary/aromatic N) is 2. The molecule has 0 unspecified atom stereocenters. The molecule has 0 atom stereocenters. The fraction of sp³-hybridized carbons (Fsp3) is 0.500. The quantitative estimate of drug-likeness (QED) is 0.267. The van der Waals surface area contributed by atoms with Crippen molar-refractivity contribution in [2.24, 2.45) is 0 Å². The van der Waals surface area contributed by atoms with E-state index in [4.69, 9.17) is 18.7 Å². The van der Waals surface area contributed by atoms with E-state index in [0.717, 1.165) is 53.4 Å². The van der Waals surface area contributed by atoms with Gasteiger partial charge >= 0.3 is 0 Å². The Morgan fingerprint density at radius 3 is 2.41 bits per heavy atom. The van der Waals surface area contributed by atoms with Crippen LogP contribution in [0.4, 0.5) is 0 Å². The van der Waals surface area contributed by atoms with Crippen molar-refractivity contribution in [3.8, 4) is 39.7 Å². The average Bonchev–Trinajstić information content (AvgIpc) is 3.40. The van der Waals surface area contributed by atoms with E-state index >= 15 is 0 Å². The molecular formula is C30H41N3O4. The number of aromatic nitrogens is 1. The number of hydrogen-bond acceptors (Lipinski definition) is 7. The summed E-state index contributed by atoms with van der Waals surface area (Å²) in [5.41, 5.74) is 2.79. The van der Waals surface area contributed by atoms with Crippen LogP contribution in [0.15, 0.2) is 53.2 Å². The second kappa shape index (κ2) is 14.1. The molecule has 2 heterocycles. The molecule has 1 aliphatic rings. The first-order chi connectivity index (χ1) is 18.1. The van der Waals surface area contributed by atoms with Crippen LogP contribution in [-0.4, -0.2) is 62.6 Å². The molecule has 3 aromatic rings. The van der Waals surface area contributed by atoms with Gasteiger partial charge in [-0.3, -0.25) is 0 Å². The minimum atomic E-state index is 0.0834. The maximum atomic E-state index is 6.31. The van der Waals surface area contributed by atoms with Crippen LogP contribution in [-0.2, 0) is 0 Å². The van der Waals surface area contributed by atoms with Crippen LogP contribution < -0.4 is 19.5 Å². The molecule has 1 saturated heterocycles. The molecule has 0 aliphatic carbocycles. The van der Waals surface area contributed by atoms with Crippen molar-refractivity contribution in [2.45, 2.75) is 52.1 Å². The van der Waals surface area contributed by atoms with Gasteiger partial charge in [-0.05, 0) is 63.1 Å². The van der Waals surface area contributed by atoms with Gasteiger partial charge in [0, 0.05) is 37.8 Å². The molecule has 0 spiro atoms. The minimum Gasteiger partial charge on any atom is -0.497 e. The zero-order valence-corrected chi connectivity index (χ0v) is 22.5. The van der Waals surface area contributed by atoms with Crippen LogP contribution in [0.2, 0.25) is 0 Å². The molecule has 2 aromatic carbocycles. The zero-order chi connectivity index (χ0) is 25.9. The van der Waals surface area contributed by atoms with E-state index in [1.54, 1.807) is 13.3 Å². The molecule has 1 aromatic heterocycles. The fourth-order valence-corrected chi connectivity index (χ4v) is 4.65. The van der Waals surface area contributed by atoms with Crippen molar-refractivity contribution >= 4 is 0 Å². The number of benzene rings is 2. The number of hydrogen-bond donors (Lipinski definition) is 1. The van der Waals surface area contributed by atoms with Gasteiger partial charge in [-0.25, -0.2) is 0 Å². The largest absolute Gasteiger partial charge is 0.497 e. The first-order valence-electron chi connectivity index (χ1n) is 13.6. The summed E-state index contributed by atoms with van der Waals surface area (Å²) < 4.78 is 23.3. The van der Waals surface area contributed by atoms with Crippen LogP contribution in [0.1, 0.15) is 46.0 Å². The Labute approximate surface area is 221 Å². The van der Waals surface area contributed by atoms with Gasteiger partial charge in [0.05, 0.1) is 31.6 Å². The van der Waals surface area contributed by atoms with E-state index in [0.29, 0.717) is 12.4 Å². The van der Waals surface area contributed by atoms with Gasteiger partial charge in [0.15, 0.2) is 5.76 Å². The van der Waals surface area contributed by atoms with Gasteiger partial charge in [0.25, 0.3) is 0 Å². The van der Waals surface area contributed by atoms with Gasteiger partial charge in [-0.1, -0.05) is 36.6 Å². The lowest BCUT2D eigenvalue weighted by molar-refractivity contribution is 0.235. The molecule has 7 heteroatoms. The molecule has 1 aliphatic heterocycles. The molecule has 0 radical (unpaired) electrons. The van der Waals surface area contributed by atoms with Crippen molar-refractivity contribution < 1.29 is 18.7 Å². The summed E-state index contributed by atoms with van der Waals surface area (Å²) >= 11 is 0. The van der Waals surface area contributed by atoms with Crippen LogP contribution in [0, 0.1) is 0 Å². The lowest BCUT2D eigenvalue weighted by atomic mass is 10.0. The summed E-state index contributed by atoms with van der Waals surface area (Å²) in [6.07, 6.45) is 7.81. The SMILES string of the molecule is COc1ccc(-c2cnoc2-c2ccc(OC(C)C)cc2OCCCCCCCN2CCNCC2)cc1. The summed E-state index contributed by atoms with van der Waals surface area (Å²) in [5, 5.41) is 7.52. The smallest absolute Gasteiger partial charge is 0.178 e. The molecule has 1 N–H and O–H groups in total. The molecule has 4 rings (SSSR count). The van der Waals surface area contributed by atoms with E-state index in [9.17, 15) is 0 Å². The summed E-state index contributed by atoms with van der Waals surface area (Å²) in [4.78, 5) is 2.57. The molecule has 0 amide bonds. The topological polar surface area (TPSA) is 69.0 Å². The lowest BCUT2D eigenvalue weighted by Crippen LogP contribution is -2.43. The maximum Gasteiger partial charge on any atom is 0.178 e. The number of nitrogens with one attached hydrogen (secondary N) is 1. The van der Waals surface area contributed by atoms with Gasteiger partial charge in [0.1, 0.15) is 17.2 Å². The van der Waals surface area contributed by atoms with Crippen molar-refractivity contribution in [2.75, 3.05) is 46.4 Å². The monoisotopic (exact) mass is 507 g/mol. The maximum absolute atomic E-state index is 6.31. The molecular weight excluding hydrogens is 466 g/mol. The number of rotatable bonds is 14. The Balaban J connectivity index is 1.36. The van der Waals surface area contributed by atoms with E-state index < -0.39 is 0 Å². The van der Waals surface area contributed by atoms with Crippen LogP contribution >= 0.6 is 0 Å². The molecule has 0 saturated carbocycles. The number of ether oxygens (including phenoxy) is 3.